The molecule has 2 saturated carbocycles. The Morgan fingerprint density at radius 2 is 1.74 bits per heavy atom. The Balaban J connectivity index is 2.05. The third-order valence-electron chi connectivity index (χ3n) is 7.84. The van der Waals surface area contributed by atoms with Crippen LogP contribution in [-0.4, -0.2) is 93.0 Å². The third kappa shape index (κ3) is 3.64. The van der Waals surface area contributed by atoms with Crippen molar-refractivity contribution in [2.45, 2.75) is 31.1 Å². The van der Waals surface area contributed by atoms with Crippen LogP contribution in [0.2, 0.25) is 0 Å². The Labute approximate surface area is 221 Å². The molecule has 1 aromatic rings. The van der Waals surface area contributed by atoms with Crippen molar-refractivity contribution < 1.29 is 53.6 Å². The molecule has 1 aromatic carbocycles. The van der Waals surface area contributed by atoms with Crippen molar-refractivity contribution in [2.24, 2.45) is 29.4 Å². The number of hydrogen-bond acceptors (Lipinski definition) is 11. The van der Waals surface area contributed by atoms with E-state index in [4.69, 9.17) is 10.5 Å². The van der Waals surface area contributed by atoms with E-state index in [2.05, 4.69) is 6.58 Å². The molecule has 0 heterocycles. The number of esters is 1. The van der Waals surface area contributed by atoms with Gasteiger partial charge in [-0.3, -0.25) is 33.7 Å². The topological polar surface area (TPSA) is 219 Å². The van der Waals surface area contributed by atoms with E-state index in [0.29, 0.717) is 0 Å². The molecule has 3 aliphatic carbocycles. The molecule has 0 spiro atoms. The number of benzene rings is 1. The van der Waals surface area contributed by atoms with Crippen molar-refractivity contribution in [3.8, 4) is 5.75 Å². The molecule has 206 valence electrons. The number of aliphatic hydroxyl groups is 1. The number of phenols is 1. The number of carboxylic acid groups (broad SMARTS) is 1. The second-order valence-corrected chi connectivity index (χ2v) is 10.1. The highest BCUT2D eigenvalue weighted by molar-refractivity contribution is 6.33. The molecule has 3 aliphatic rings. The van der Waals surface area contributed by atoms with Crippen LogP contribution >= 0.6 is 0 Å². The average molecular weight is 542 g/mol. The molecule has 0 aromatic heterocycles. The van der Waals surface area contributed by atoms with Crippen LogP contribution in [0.1, 0.15) is 39.6 Å². The highest BCUT2D eigenvalue weighted by Crippen LogP contribution is 2.55. The molecule has 1 amide bonds. The van der Waals surface area contributed by atoms with Crippen LogP contribution in [0, 0.1) is 23.7 Å². The van der Waals surface area contributed by atoms with E-state index in [1.165, 1.54) is 32.0 Å². The molecule has 0 saturated heterocycles. The van der Waals surface area contributed by atoms with Crippen molar-refractivity contribution in [3.05, 3.63) is 35.4 Å². The molecule has 2 fully saturated rings. The molecule has 0 bridgehead atoms. The lowest BCUT2D eigenvalue weighted by Crippen LogP contribution is -2.77. The largest absolute Gasteiger partial charge is 0.506 e. The summed E-state index contributed by atoms with van der Waals surface area (Å²) in [5.41, 5.74) is 0.830. The van der Waals surface area contributed by atoms with E-state index in [1.54, 1.807) is 0 Å². The van der Waals surface area contributed by atoms with Gasteiger partial charge in [-0.2, -0.15) is 0 Å². The van der Waals surface area contributed by atoms with Crippen molar-refractivity contribution in [3.63, 3.8) is 0 Å². The fraction of sp³-hybridized carbons (Fsp3) is 0.423. The number of ketones is 4. The minimum atomic E-state index is -3.18. The highest BCUT2D eigenvalue weighted by Gasteiger charge is 2.73. The second kappa shape index (κ2) is 9.20. The van der Waals surface area contributed by atoms with Gasteiger partial charge in [0.05, 0.1) is 23.4 Å². The Hall–Kier alpha value is -4.23. The zero-order valence-corrected chi connectivity index (χ0v) is 21.2. The minimum Gasteiger partial charge on any atom is -0.506 e. The number of rotatable bonds is 5. The van der Waals surface area contributed by atoms with E-state index >= 15 is 0 Å². The van der Waals surface area contributed by atoms with Gasteiger partial charge < -0.3 is 25.8 Å². The van der Waals surface area contributed by atoms with E-state index in [0.717, 1.165) is 6.07 Å². The predicted octanol–water partition coefficient (Wildman–Crippen LogP) is -1.03. The van der Waals surface area contributed by atoms with E-state index in [9.17, 15) is 48.9 Å². The van der Waals surface area contributed by atoms with Gasteiger partial charge in [0, 0.05) is 12.3 Å². The van der Waals surface area contributed by atoms with Crippen LogP contribution in [-0.2, 0) is 28.7 Å². The number of fused-ring (bicyclic) bond motifs is 3. The highest BCUT2D eigenvalue weighted by atomic mass is 16.5. The van der Waals surface area contributed by atoms with E-state index in [-0.39, 0.29) is 17.6 Å². The number of Topliss-reactive ketones (excluding diaryl/α,β-unsaturated/α-hetero) is 4. The molecule has 13 nitrogen and oxygen atoms in total. The molecule has 7 atom stereocenters. The summed E-state index contributed by atoms with van der Waals surface area (Å²) in [6, 6.07) is 0.691. The molecule has 5 N–H and O–H groups in total. The number of nitrogens with two attached hydrogens (primary N) is 1. The first-order valence-electron chi connectivity index (χ1n) is 11.9. The van der Waals surface area contributed by atoms with Gasteiger partial charge in [0.15, 0.2) is 34.7 Å². The minimum absolute atomic E-state index is 0.0272. The first-order valence-corrected chi connectivity index (χ1v) is 11.9. The zero-order valence-electron chi connectivity index (χ0n) is 21.2. The summed E-state index contributed by atoms with van der Waals surface area (Å²) in [7, 11) is 2.77. The summed E-state index contributed by atoms with van der Waals surface area (Å²) in [6.45, 7) is 5.38. The van der Waals surface area contributed by atoms with Gasteiger partial charge in [-0.15, -0.1) is 0 Å². The van der Waals surface area contributed by atoms with Gasteiger partial charge in [-0.05, 0) is 31.3 Å². The lowest BCUT2D eigenvalue weighted by molar-refractivity contribution is -0.201. The van der Waals surface area contributed by atoms with Crippen LogP contribution in [0.4, 0.5) is 0 Å². The molecule has 0 radical (unpaired) electrons. The number of carbonyl (C=O) groups excluding carboxylic acids is 6. The predicted molar refractivity (Wildman–Crippen MR) is 129 cm³/mol. The fourth-order valence-corrected chi connectivity index (χ4v) is 6.13. The zero-order chi connectivity index (χ0) is 29.3. The molecule has 0 aliphatic heterocycles. The van der Waals surface area contributed by atoms with Crippen LogP contribution < -0.4 is 5.73 Å². The molecule has 13 heteroatoms. The van der Waals surface area contributed by atoms with Crippen LogP contribution in [0.25, 0.3) is 5.57 Å². The number of amides is 1. The lowest BCUT2D eigenvalue weighted by Gasteiger charge is -2.55. The molecule has 4 rings (SSSR count). The monoisotopic (exact) mass is 542 g/mol. The normalized spacial score (nSPS) is 31.9. The number of hydrogen-bond donors (Lipinski definition) is 4. The Bertz CT molecular complexity index is 1400. The van der Waals surface area contributed by atoms with Gasteiger partial charge in [0.2, 0.25) is 5.91 Å². The molecular formula is C26H26N2O11. The van der Waals surface area contributed by atoms with Gasteiger partial charge in [-0.25, -0.2) is 4.79 Å². The summed E-state index contributed by atoms with van der Waals surface area (Å²) in [5.74, 6) is -17.3. The van der Waals surface area contributed by atoms with Gasteiger partial charge in [-0.1, -0.05) is 19.6 Å². The smallest absolute Gasteiger partial charge is 0.339 e. The number of aromatic hydroxyl groups is 1. The van der Waals surface area contributed by atoms with Crippen LogP contribution in [0.15, 0.2) is 18.7 Å². The number of nitrogens with zero attached hydrogens (tertiary/aromatic N) is 1. The van der Waals surface area contributed by atoms with Crippen molar-refractivity contribution in [1.82, 2.24) is 4.90 Å². The summed E-state index contributed by atoms with van der Waals surface area (Å²) in [6.07, 6.45) is -1.84. The standard InChI is InChI=1S/C26H26N2O11/c1-5-11(29)39-21-12-8(2)9-6-7-10(25(36)37)18(30)13(9)19(31)14(12)22(33)26(38)16(21)17(28(3)4)20(32)15(23(26)34)24(27)35/h6-7,12,14-17,21,30,38H,2,5H2,1,3-4H3,(H2,27,35)(H,36,37)/t12-,14?,15?,16-,17+,21+,26+/m0/s1. The Morgan fingerprint density at radius 1 is 1.13 bits per heavy atom. The number of carboxylic acids is 1. The second-order valence-electron chi connectivity index (χ2n) is 10.1. The fourth-order valence-electron chi connectivity index (χ4n) is 6.13. The van der Waals surface area contributed by atoms with Crippen molar-refractivity contribution in [1.29, 1.82) is 0 Å². The molecular weight excluding hydrogens is 516 g/mol. The summed E-state index contributed by atoms with van der Waals surface area (Å²) in [4.78, 5) is 92.2. The van der Waals surface area contributed by atoms with Gasteiger partial charge in [0.25, 0.3) is 0 Å². The maximum absolute atomic E-state index is 14.0. The Kier molecular flexibility index (Phi) is 6.56. The lowest BCUT2D eigenvalue weighted by atomic mass is 9.50. The number of primary amides is 1. The molecule has 39 heavy (non-hydrogen) atoms. The van der Waals surface area contributed by atoms with Gasteiger partial charge >= 0.3 is 11.9 Å². The van der Waals surface area contributed by atoms with Crippen molar-refractivity contribution in [2.75, 3.05) is 14.1 Å². The maximum atomic E-state index is 14.0. The summed E-state index contributed by atoms with van der Waals surface area (Å²) >= 11 is 0. The van der Waals surface area contributed by atoms with Gasteiger partial charge in [0.1, 0.15) is 17.4 Å². The van der Waals surface area contributed by atoms with E-state index in [1.807, 2.05) is 0 Å². The SMILES string of the molecule is C=C1c2ccc(C(=O)O)c(O)c2C(=O)C2C(=O)[C@@]3(O)C(=O)C(C(N)=O)C(=O)[C@H](N(C)C)[C@H]3[C@H](OC(=O)CC)[C@@H]12. The van der Waals surface area contributed by atoms with Crippen LogP contribution in [0.3, 0.4) is 0 Å². The number of carbonyl (C=O) groups is 7. The van der Waals surface area contributed by atoms with Crippen LogP contribution in [0.5, 0.6) is 5.75 Å². The summed E-state index contributed by atoms with van der Waals surface area (Å²) in [5, 5.41) is 31.9. The Morgan fingerprint density at radius 3 is 2.26 bits per heavy atom. The average Bonchev–Trinajstić information content (AvgIpc) is 2.84. The number of ether oxygens (including phenoxy) is 1. The quantitative estimate of drug-likeness (QED) is 0.259. The van der Waals surface area contributed by atoms with Crippen molar-refractivity contribution >= 4 is 46.6 Å². The first-order chi connectivity index (χ1) is 18.1. The van der Waals surface area contributed by atoms with E-state index < -0.39 is 99.3 Å². The summed E-state index contributed by atoms with van der Waals surface area (Å²) < 4.78 is 5.62. The molecule has 2 unspecified atom stereocenters. The third-order valence-corrected chi connectivity index (χ3v) is 7.84. The number of likely N-dealkylation sites (N-methyl/N-ethyl adjacent to an activating group) is 1. The maximum Gasteiger partial charge on any atom is 0.339 e. The number of aromatic carboxylic acids is 1. The first kappa shape index (κ1) is 27.8.